The second-order valence-corrected chi connectivity index (χ2v) is 6.47. The van der Waals surface area contributed by atoms with Gasteiger partial charge in [0.05, 0.1) is 13.7 Å². The maximum atomic E-state index is 5.99. The molecule has 3 rings (SSSR count). The highest BCUT2D eigenvalue weighted by Gasteiger charge is 2.23. The van der Waals surface area contributed by atoms with Crippen molar-refractivity contribution in [1.82, 2.24) is 4.90 Å². The number of hydrogen-bond acceptors (Lipinski definition) is 3. The van der Waals surface area contributed by atoms with Gasteiger partial charge in [-0.05, 0) is 49.9 Å². The van der Waals surface area contributed by atoms with Crippen molar-refractivity contribution < 1.29 is 9.47 Å². The van der Waals surface area contributed by atoms with Gasteiger partial charge in [-0.2, -0.15) is 0 Å². The molecule has 0 N–H and O–H groups in total. The Kier molecular flexibility index (Phi) is 6.91. The van der Waals surface area contributed by atoms with Crippen molar-refractivity contribution in [2.45, 2.75) is 6.42 Å². The van der Waals surface area contributed by atoms with Crippen LogP contribution in [-0.2, 0) is 0 Å². The first-order chi connectivity index (χ1) is 11.7. The van der Waals surface area contributed by atoms with Gasteiger partial charge < -0.3 is 14.4 Å². The van der Waals surface area contributed by atoms with Crippen molar-refractivity contribution in [3.8, 4) is 11.5 Å². The molecule has 0 bridgehead atoms. The van der Waals surface area contributed by atoms with Crippen molar-refractivity contribution >= 4 is 24.1 Å². The molecular weight excluding hydrogens is 334 g/mol. The van der Waals surface area contributed by atoms with Gasteiger partial charge in [0.1, 0.15) is 11.5 Å². The highest BCUT2D eigenvalue weighted by atomic mass is 35.5. The third kappa shape index (κ3) is 4.77. The third-order valence-electron chi connectivity index (χ3n) is 4.36. The second-order valence-electron chi connectivity index (χ2n) is 6.47. The normalized spacial score (nSPS) is 18.1. The Hall–Kier alpha value is -1.97. The van der Waals surface area contributed by atoms with Crippen LogP contribution in [-0.4, -0.2) is 39.3 Å². The average molecular weight is 360 g/mol. The number of nitrogens with zero attached hydrogens (tertiary/aromatic N) is 1. The van der Waals surface area contributed by atoms with Gasteiger partial charge in [0.25, 0.3) is 0 Å². The predicted octanol–water partition coefficient (Wildman–Crippen LogP) is 4.62. The number of benzene rings is 2. The summed E-state index contributed by atoms with van der Waals surface area (Å²) in [6, 6.07) is 16.6. The molecule has 0 aromatic heterocycles. The minimum atomic E-state index is 0. The number of ether oxygens (including phenoxy) is 2. The summed E-state index contributed by atoms with van der Waals surface area (Å²) >= 11 is 0. The largest absolute Gasteiger partial charge is 0.497 e. The predicted molar refractivity (Wildman–Crippen MR) is 107 cm³/mol. The van der Waals surface area contributed by atoms with Gasteiger partial charge in [-0.1, -0.05) is 36.4 Å². The first-order valence-corrected chi connectivity index (χ1v) is 8.40. The number of hydrogen-bond donors (Lipinski definition) is 0. The van der Waals surface area contributed by atoms with Crippen molar-refractivity contribution in [3.63, 3.8) is 0 Å². The van der Waals surface area contributed by atoms with Crippen LogP contribution in [0.25, 0.3) is 11.6 Å². The Morgan fingerprint density at radius 3 is 2.72 bits per heavy atom. The van der Waals surface area contributed by atoms with Gasteiger partial charge in [0.15, 0.2) is 0 Å². The summed E-state index contributed by atoms with van der Waals surface area (Å²) in [7, 11) is 5.96. The van der Waals surface area contributed by atoms with Crippen LogP contribution in [0.2, 0.25) is 0 Å². The molecule has 0 amide bonds. The van der Waals surface area contributed by atoms with E-state index in [2.05, 4.69) is 55.4 Å². The van der Waals surface area contributed by atoms with Crippen molar-refractivity contribution in [1.29, 1.82) is 0 Å². The Balaban J connectivity index is 0.00000225. The summed E-state index contributed by atoms with van der Waals surface area (Å²) in [5.41, 5.74) is 3.69. The molecule has 0 radical (unpaired) electrons. The highest BCUT2D eigenvalue weighted by Crippen LogP contribution is 2.37. The van der Waals surface area contributed by atoms with E-state index in [9.17, 15) is 0 Å². The fourth-order valence-electron chi connectivity index (χ4n) is 3.25. The summed E-state index contributed by atoms with van der Waals surface area (Å²) < 4.78 is 11.4. The molecule has 3 nitrogen and oxygen atoms in total. The van der Waals surface area contributed by atoms with Gasteiger partial charge in [0.2, 0.25) is 0 Å². The Bertz CT molecular complexity index is 727. The van der Waals surface area contributed by atoms with Gasteiger partial charge in [-0.25, -0.2) is 0 Å². The fraction of sp³-hybridized carbons (Fsp3) is 0.333. The molecule has 1 aliphatic heterocycles. The van der Waals surface area contributed by atoms with E-state index < -0.39 is 0 Å². The number of methoxy groups -OCH3 is 1. The molecule has 2 aromatic rings. The Morgan fingerprint density at radius 2 is 1.96 bits per heavy atom. The van der Waals surface area contributed by atoms with Gasteiger partial charge in [-0.15, -0.1) is 12.4 Å². The maximum Gasteiger partial charge on any atom is 0.126 e. The van der Waals surface area contributed by atoms with Crippen LogP contribution >= 0.6 is 12.4 Å². The number of para-hydroxylation sites is 1. The molecule has 1 atom stereocenters. The summed E-state index contributed by atoms with van der Waals surface area (Å²) in [5, 5.41) is 0. The molecule has 0 fully saturated rings. The molecule has 0 aliphatic carbocycles. The lowest BCUT2D eigenvalue weighted by Gasteiger charge is -2.22. The zero-order valence-electron chi connectivity index (χ0n) is 15.1. The number of rotatable bonds is 4. The zero-order chi connectivity index (χ0) is 16.9. The molecule has 1 unspecified atom stereocenters. The van der Waals surface area contributed by atoms with Crippen LogP contribution in [0.15, 0.2) is 48.5 Å². The minimum absolute atomic E-state index is 0. The van der Waals surface area contributed by atoms with Crippen LogP contribution in [0.3, 0.4) is 0 Å². The second kappa shape index (κ2) is 8.93. The molecule has 4 heteroatoms. The molecule has 2 aromatic carbocycles. The SMILES string of the molecule is COc1cccc(/C=C2/c3ccccc3OCCC2CN(C)C)c1.Cl. The molecular formula is C21H26ClNO2. The monoisotopic (exact) mass is 359 g/mol. The third-order valence-corrected chi connectivity index (χ3v) is 4.36. The van der Waals surface area contributed by atoms with Crippen molar-refractivity contribution in [3.05, 3.63) is 59.7 Å². The van der Waals surface area contributed by atoms with Gasteiger partial charge in [-0.3, -0.25) is 0 Å². The topological polar surface area (TPSA) is 21.7 Å². The van der Waals surface area contributed by atoms with Crippen LogP contribution in [0.4, 0.5) is 0 Å². The van der Waals surface area contributed by atoms with E-state index in [0.29, 0.717) is 5.92 Å². The Morgan fingerprint density at radius 1 is 1.16 bits per heavy atom. The van der Waals surface area contributed by atoms with Crippen molar-refractivity contribution in [2.75, 3.05) is 34.4 Å². The molecule has 0 saturated carbocycles. The van der Waals surface area contributed by atoms with E-state index >= 15 is 0 Å². The fourth-order valence-corrected chi connectivity index (χ4v) is 3.25. The Labute approximate surface area is 156 Å². The van der Waals surface area contributed by atoms with E-state index in [1.165, 1.54) is 11.1 Å². The van der Waals surface area contributed by atoms with E-state index in [1.54, 1.807) is 7.11 Å². The lowest BCUT2D eigenvalue weighted by molar-refractivity contribution is 0.279. The summed E-state index contributed by atoms with van der Waals surface area (Å²) in [4.78, 5) is 2.25. The number of fused-ring (bicyclic) bond motifs is 1. The van der Waals surface area contributed by atoms with Crippen LogP contribution < -0.4 is 9.47 Å². The first-order valence-electron chi connectivity index (χ1n) is 8.40. The van der Waals surface area contributed by atoms with Crippen LogP contribution in [0, 0.1) is 5.92 Å². The molecule has 1 aliphatic rings. The molecule has 134 valence electrons. The smallest absolute Gasteiger partial charge is 0.126 e. The summed E-state index contributed by atoms with van der Waals surface area (Å²) in [6.45, 7) is 1.76. The minimum Gasteiger partial charge on any atom is -0.497 e. The zero-order valence-corrected chi connectivity index (χ0v) is 15.9. The van der Waals surface area contributed by atoms with E-state index in [1.807, 2.05) is 18.2 Å². The first kappa shape index (κ1) is 19.4. The quantitative estimate of drug-likeness (QED) is 0.795. The van der Waals surface area contributed by atoms with Crippen molar-refractivity contribution in [2.24, 2.45) is 5.92 Å². The molecule has 0 spiro atoms. The number of halogens is 1. The molecule has 1 heterocycles. The van der Waals surface area contributed by atoms with E-state index in [4.69, 9.17) is 9.47 Å². The molecule has 0 saturated heterocycles. The maximum absolute atomic E-state index is 5.99. The average Bonchev–Trinajstić information content (AvgIpc) is 2.75. The standard InChI is InChI=1S/C21H25NO2.ClH/c1-22(2)15-17-11-12-24-21-10-5-4-9-19(21)20(17)14-16-7-6-8-18(13-16)23-3;/h4-10,13-14,17H,11-12,15H2,1-3H3;1H/b20-14+;. The molecule has 25 heavy (non-hydrogen) atoms. The van der Waals surface area contributed by atoms with E-state index in [-0.39, 0.29) is 12.4 Å². The lowest BCUT2D eigenvalue weighted by atomic mass is 9.88. The van der Waals surface area contributed by atoms with Crippen LogP contribution in [0.1, 0.15) is 17.5 Å². The summed E-state index contributed by atoms with van der Waals surface area (Å²) in [6.07, 6.45) is 3.30. The van der Waals surface area contributed by atoms with Gasteiger partial charge in [0, 0.05) is 18.0 Å². The van der Waals surface area contributed by atoms with Crippen LogP contribution in [0.5, 0.6) is 11.5 Å². The highest BCUT2D eigenvalue weighted by molar-refractivity contribution is 5.86. The van der Waals surface area contributed by atoms with E-state index in [0.717, 1.165) is 36.6 Å². The summed E-state index contributed by atoms with van der Waals surface area (Å²) in [5.74, 6) is 2.30. The van der Waals surface area contributed by atoms with Gasteiger partial charge >= 0.3 is 0 Å². The lowest BCUT2D eigenvalue weighted by Crippen LogP contribution is -2.23.